The first-order valence-electron chi connectivity index (χ1n) is 10.3. The number of para-hydroxylation sites is 1. The van der Waals surface area contributed by atoms with Crippen molar-refractivity contribution in [2.24, 2.45) is 0 Å². The van der Waals surface area contributed by atoms with Crippen molar-refractivity contribution in [3.05, 3.63) is 73.3 Å². The Morgan fingerprint density at radius 1 is 1.10 bits per heavy atom. The van der Waals surface area contributed by atoms with Gasteiger partial charge in [-0.3, -0.25) is 29.9 Å². The van der Waals surface area contributed by atoms with Gasteiger partial charge in [0, 0.05) is 29.9 Å². The monoisotopic (exact) mass is 426 g/mol. The van der Waals surface area contributed by atoms with Crippen LogP contribution in [0.3, 0.4) is 0 Å². The third-order valence-corrected chi connectivity index (χ3v) is 5.90. The zero-order chi connectivity index (χ0) is 22.5. The second-order valence-corrected chi connectivity index (χ2v) is 7.97. The summed E-state index contributed by atoms with van der Waals surface area (Å²) in [5, 5.41) is 25.3. The lowest BCUT2D eigenvalue weighted by Crippen LogP contribution is -2.33. The minimum Gasteiger partial charge on any atom is -0.322 e. The predicted octanol–water partition coefficient (Wildman–Crippen LogP) is 4.83. The average molecular weight is 426 g/mol. The molecule has 0 spiro atoms. The summed E-state index contributed by atoms with van der Waals surface area (Å²) >= 11 is 0. The molecular formula is C22H26N4O5. The Bertz CT molecular complexity index is 1000. The highest BCUT2D eigenvalue weighted by Gasteiger charge is 2.25. The highest BCUT2D eigenvalue weighted by molar-refractivity contribution is 6.06. The van der Waals surface area contributed by atoms with Crippen molar-refractivity contribution < 1.29 is 14.6 Å². The zero-order valence-corrected chi connectivity index (χ0v) is 17.7. The number of hydrogen-bond acceptors (Lipinski definition) is 6. The highest BCUT2D eigenvalue weighted by atomic mass is 16.6. The standard InChI is InChI=1S/C22H26N4O5/c1-15-19(12-18(25(28)29)13-21(15)26(30)31)22(27)23-20-11-7-6-8-16(20)14-24(2)17-9-4-3-5-10-17/h6-8,11-13,17H,3-5,9-10,14H2,1-2H3,(H,23,27). The van der Waals surface area contributed by atoms with Gasteiger partial charge in [0.15, 0.2) is 0 Å². The number of carbonyl (C=O) groups is 1. The second kappa shape index (κ2) is 9.65. The Hall–Kier alpha value is -3.33. The van der Waals surface area contributed by atoms with Gasteiger partial charge in [0.1, 0.15) is 0 Å². The molecule has 31 heavy (non-hydrogen) atoms. The normalized spacial score (nSPS) is 14.4. The molecule has 1 aliphatic rings. The van der Waals surface area contributed by atoms with E-state index in [1.165, 1.54) is 26.2 Å². The van der Waals surface area contributed by atoms with Crippen molar-refractivity contribution in [2.45, 2.75) is 51.6 Å². The minimum absolute atomic E-state index is 0.0867. The van der Waals surface area contributed by atoms with E-state index in [4.69, 9.17) is 0 Å². The van der Waals surface area contributed by atoms with Crippen LogP contribution in [0.2, 0.25) is 0 Å². The van der Waals surface area contributed by atoms with Crippen molar-refractivity contribution >= 4 is 23.0 Å². The number of anilines is 1. The molecule has 0 unspecified atom stereocenters. The molecule has 1 amide bonds. The van der Waals surface area contributed by atoms with E-state index in [1.807, 2.05) is 12.1 Å². The molecule has 1 saturated carbocycles. The minimum atomic E-state index is -0.740. The van der Waals surface area contributed by atoms with Gasteiger partial charge in [-0.05, 0) is 38.4 Å². The van der Waals surface area contributed by atoms with Crippen LogP contribution in [0, 0.1) is 27.2 Å². The Kier molecular flexibility index (Phi) is 6.96. The van der Waals surface area contributed by atoms with Gasteiger partial charge in [-0.2, -0.15) is 0 Å². The van der Waals surface area contributed by atoms with E-state index in [0.29, 0.717) is 18.3 Å². The average Bonchev–Trinajstić information content (AvgIpc) is 2.75. The lowest BCUT2D eigenvalue weighted by molar-refractivity contribution is -0.394. The summed E-state index contributed by atoms with van der Waals surface area (Å²) in [6.07, 6.45) is 6.02. The van der Waals surface area contributed by atoms with Gasteiger partial charge < -0.3 is 5.32 Å². The number of rotatable bonds is 7. The van der Waals surface area contributed by atoms with E-state index >= 15 is 0 Å². The smallest absolute Gasteiger partial charge is 0.279 e. The third kappa shape index (κ3) is 5.24. The number of carbonyl (C=O) groups excluding carboxylic acids is 1. The number of non-ortho nitro benzene ring substituents is 1. The number of nitro groups is 2. The molecule has 0 bridgehead atoms. The lowest BCUT2D eigenvalue weighted by atomic mass is 9.94. The Morgan fingerprint density at radius 2 is 1.77 bits per heavy atom. The van der Waals surface area contributed by atoms with Gasteiger partial charge in [-0.1, -0.05) is 37.5 Å². The molecule has 0 heterocycles. The molecule has 2 aromatic rings. The fraction of sp³-hybridized carbons (Fsp3) is 0.409. The highest BCUT2D eigenvalue weighted by Crippen LogP contribution is 2.29. The summed E-state index contributed by atoms with van der Waals surface area (Å²) in [5.41, 5.74) is 0.559. The molecule has 9 heteroatoms. The fourth-order valence-electron chi connectivity index (χ4n) is 4.10. The van der Waals surface area contributed by atoms with Crippen LogP contribution in [-0.4, -0.2) is 33.7 Å². The number of amides is 1. The van der Waals surface area contributed by atoms with Crippen LogP contribution >= 0.6 is 0 Å². The summed E-state index contributed by atoms with van der Waals surface area (Å²) in [5.74, 6) is -0.614. The molecular weight excluding hydrogens is 400 g/mol. The number of nitrogens with zero attached hydrogens (tertiary/aromatic N) is 3. The van der Waals surface area contributed by atoms with Crippen molar-refractivity contribution in [3.8, 4) is 0 Å². The molecule has 3 rings (SSSR count). The summed E-state index contributed by atoms with van der Waals surface area (Å²) < 4.78 is 0. The van der Waals surface area contributed by atoms with Gasteiger partial charge in [-0.15, -0.1) is 0 Å². The summed E-state index contributed by atoms with van der Waals surface area (Å²) in [7, 11) is 2.07. The van der Waals surface area contributed by atoms with Crippen molar-refractivity contribution in [2.75, 3.05) is 12.4 Å². The van der Waals surface area contributed by atoms with Crippen LogP contribution in [-0.2, 0) is 6.54 Å². The third-order valence-electron chi connectivity index (χ3n) is 5.90. The van der Waals surface area contributed by atoms with Crippen LogP contribution in [0.1, 0.15) is 53.6 Å². The molecule has 0 atom stereocenters. The summed E-state index contributed by atoms with van der Waals surface area (Å²) in [4.78, 5) is 36.3. The van der Waals surface area contributed by atoms with Crippen LogP contribution in [0.15, 0.2) is 36.4 Å². The van der Waals surface area contributed by atoms with Gasteiger partial charge >= 0.3 is 0 Å². The summed E-state index contributed by atoms with van der Waals surface area (Å²) in [6.45, 7) is 2.06. The number of benzene rings is 2. The van der Waals surface area contributed by atoms with Crippen molar-refractivity contribution in [3.63, 3.8) is 0 Å². The Balaban J connectivity index is 1.86. The van der Waals surface area contributed by atoms with E-state index in [-0.39, 0.29) is 11.1 Å². The quantitative estimate of drug-likeness (QED) is 0.500. The molecule has 0 aliphatic heterocycles. The van der Waals surface area contributed by atoms with Crippen LogP contribution in [0.5, 0.6) is 0 Å². The van der Waals surface area contributed by atoms with E-state index in [1.54, 1.807) is 12.1 Å². The van der Waals surface area contributed by atoms with Crippen molar-refractivity contribution in [1.29, 1.82) is 0 Å². The molecule has 0 aromatic heterocycles. The van der Waals surface area contributed by atoms with Crippen LogP contribution in [0.25, 0.3) is 0 Å². The van der Waals surface area contributed by atoms with Gasteiger partial charge in [0.25, 0.3) is 17.3 Å². The first-order chi connectivity index (χ1) is 14.8. The lowest BCUT2D eigenvalue weighted by Gasteiger charge is -2.31. The van der Waals surface area contributed by atoms with E-state index < -0.39 is 27.1 Å². The number of nitro benzene ring substituents is 2. The van der Waals surface area contributed by atoms with Crippen LogP contribution in [0.4, 0.5) is 17.1 Å². The Morgan fingerprint density at radius 3 is 2.42 bits per heavy atom. The summed E-state index contributed by atoms with van der Waals surface area (Å²) in [6, 6.07) is 9.83. The number of nitrogens with one attached hydrogen (secondary N) is 1. The molecule has 1 N–H and O–H groups in total. The van der Waals surface area contributed by atoms with Gasteiger partial charge in [0.2, 0.25) is 0 Å². The maximum absolute atomic E-state index is 13.0. The Labute approximate surface area is 180 Å². The molecule has 1 aliphatic carbocycles. The first kappa shape index (κ1) is 22.4. The molecule has 1 fully saturated rings. The molecule has 9 nitrogen and oxygen atoms in total. The van der Waals surface area contributed by atoms with Crippen molar-refractivity contribution in [1.82, 2.24) is 4.90 Å². The van der Waals surface area contributed by atoms with E-state index in [0.717, 1.165) is 30.5 Å². The molecule has 0 saturated heterocycles. The maximum Gasteiger partial charge on any atom is 0.279 e. The first-order valence-corrected chi connectivity index (χ1v) is 10.3. The molecule has 0 radical (unpaired) electrons. The predicted molar refractivity (Wildman–Crippen MR) is 117 cm³/mol. The van der Waals surface area contributed by atoms with E-state index in [9.17, 15) is 25.0 Å². The molecule has 164 valence electrons. The molecule has 2 aromatic carbocycles. The van der Waals surface area contributed by atoms with Crippen LogP contribution < -0.4 is 5.32 Å². The second-order valence-electron chi connectivity index (χ2n) is 7.97. The maximum atomic E-state index is 13.0. The van der Waals surface area contributed by atoms with E-state index in [2.05, 4.69) is 17.3 Å². The van der Waals surface area contributed by atoms with Gasteiger partial charge in [0.05, 0.1) is 21.5 Å². The van der Waals surface area contributed by atoms with Gasteiger partial charge in [-0.25, -0.2) is 0 Å². The number of hydrogen-bond donors (Lipinski definition) is 1. The largest absolute Gasteiger partial charge is 0.322 e. The zero-order valence-electron chi connectivity index (χ0n) is 17.7. The fourth-order valence-corrected chi connectivity index (χ4v) is 4.10. The SMILES string of the molecule is Cc1c(C(=O)Nc2ccccc2CN(C)C2CCCCC2)cc([N+](=O)[O-])cc1[N+](=O)[O-]. The topological polar surface area (TPSA) is 119 Å².